The molecule has 0 radical (unpaired) electrons. The molecule has 1 aromatic rings. The Labute approximate surface area is 104 Å². The maximum atomic E-state index is 13.4. The van der Waals surface area contributed by atoms with Gasteiger partial charge in [-0.2, -0.15) is 0 Å². The minimum absolute atomic E-state index is 0.131. The largest absolute Gasteiger partial charge is 0.544 e. The second-order valence-corrected chi connectivity index (χ2v) is 9.82. The molecule has 0 amide bonds. The van der Waals surface area contributed by atoms with E-state index in [2.05, 4.69) is 15.9 Å². The van der Waals surface area contributed by atoms with Crippen molar-refractivity contribution in [3.8, 4) is 5.75 Å². The summed E-state index contributed by atoms with van der Waals surface area (Å²) in [7, 11) is -1.85. The molecule has 1 rings (SSSR count). The van der Waals surface area contributed by atoms with E-state index in [1.807, 2.05) is 19.6 Å². The first-order chi connectivity index (χ1) is 7.20. The fraction of sp³-hybridized carbons (Fsp3) is 0.364. The van der Waals surface area contributed by atoms with Crippen molar-refractivity contribution < 1.29 is 13.6 Å². The van der Waals surface area contributed by atoms with Crippen LogP contribution in [0.1, 0.15) is 17.3 Å². The van der Waals surface area contributed by atoms with Crippen LogP contribution in [0.2, 0.25) is 19.6 Å². The highest BCUT2D eigenvalue weighted by Gasteiger charge is 2.21. The molecule has 0 unspecified atom stereocenters. The van der Waals surface area contributed by atoms with Gasteiger partial charge < -0.3 is 4.43 Å². The zero-order valence-corrected chi connectivity index (χ0v) is 12.3. The van der Waals surface area contributed by atoms with Crippen LogP contribution in [0.4, 0.5) is 4.39 Å². The predicted molar refractivity (Wildman–Crippen MR) is 68.1 cm³/mol. The van der Waals surface area contributed by atoms with Gasteiger partial charge in [-0.25, -0.2) is 4.39 Å². The van der Waals surface area contributed by atoms with Gasteiger partial charge in [-0.15, -0.1) is 0 Å². The zero-order chi connectivity index (χ0) is 12.5. The van der Waals surface area contributed by atoms with Gasteiger partial charge in [0.15, 0.2) is 5.78 Å². The second kappa shape index (κ2) is 4.67. The van der Waals surface area contributed by atoms with Gasteiger partial charge in [0.05, 0.1) is 10.0 Å². The summed E-state index contributed by atoms with van der Waals surface area (Å²) in [6.45, 7) is 7.39. The molecule has 0 saturated carbocycles. The molecule has 0 fully saturated rings. The standard InChI is InChI=1S/C11H14BrFO2Si/c1-7(14)8-5-9(12)10(13)6-11(8)15-16(2,3)4/h5-6H,1-4H3. The summed E-state index contributed by atoms with van der Waals surface area (Å²) in [6, 6.07) is 2.73. The SMILES string of the molecule is CC(=O)c1cc(Br)c(F)cc1O[Si](C)(C)C. The normalized spacial score (nSPS) is 11.4. The molecule has 0 N–H and O–H groups in total. The zero-order valence-electron chi connectivity index (χ0n) is 9.73. The molecule has 0 aromatic heterocycles. The second-order valence-electron chi connectivity index (χ2n) is 4.53. The third-order valence-corrected chi connectivity index (χ3v) is 3.26. The van der Waals surface area contributed by atoms with Crippen molar-refractivity contribution in [2.75, 3.05) is 0 Å². The lowest BCUT2D eigenvalue weighted by Gasteiger charge is -2.21. The minimum Gasteiger partial charge on any atom is -0.544 e. The fourth-order valence-corrected chi connectivity index (χ4v) is 2.39. The Kier molecular flexibility index (Phi) is 3.91. The lowest BCUT2D eigenvalue weighted by atomic mass is 10.1. The van der Waals surface area contributed by atoms with Crippen LogP contribution in [0.5, 0.6) is 5.75 Å². The molecule has 0 atom stereocenters. The van der Waals surface area contributed by atoms with Crippen LogP contribution in [0, 0.1) is 5.82 Å². The number of carbonyl (C=O) groups excluding carboxylic acids is 1. The monoisotopic (exact) mass is 304 g/mol. The maximum Gasteiger partial charge on any atom is 0.242 e. The first-order valence-electron chi connectivity index (χ1n) is 4.90. The Bertz CT molecular complexity index is 427. The molecule has 0 aliphatic carbocycles. The van der Waals surface area contributed by atoms with Gasteiger partial charge >= 0.3 is 0 Å². The third kappa shape index (κ3) is 3.42. The molecule has 0 bridgehead atoms. The van der Waals surface area contributed by atoms with Gasteiger partial charge in [0, 0.05) is 6.07 Å². The summed E-state index contributed by atoms with van der Waals surface area (Å²) in [5.74, 6) is -0.209. The summed E-state index contributed by atoms with van der Waals surface area (Å²) in [5.41, 5.74) is 0.413. The van der Waals surface area contributed by atoms with Crippen molar-refractivity contribution in [3.05, 3.63) is 28.0 Å². The molecule has 0 saturated heterocycles. The van der Waals surface area contributed by atoms with E-state index in [0.717, 1.165) is 0 Å². The summed E-state index contributed by atoms with van der Waals surface area (Å²) in [5, 5.41) is 0. The molecular formula is C11H14BrFO2Si. The Morgan fingerprint density at radius 2 is 1.94 bits per heavy atom. The smallest absolute Gasteiger partial charge is 0.242 e. The lowest BCUT2D eigenvalue weighted by Crippen LogP contribution is -2.30. The Balaban J connectivity index is 3.25. The molecular weight excluding hydrogens is 291 g/mol. The molecule has 5 heteroatoms. The number of hydrogen-bond acceptors (Lipinski definition) is 2. The number of benzene rings is 1. The average Bonchev–Trinajstić information content (AvgIpc) is 2.07. The van der Waals surface area contributed by atoms with Crippen LogP contribution in [0.15, 0.2) is 16.6 Å². The molecule has 16 heavy (non-hydrogen) atoms. The van der Waals surface area contributed by atoms with E-state index in [0.29, 0.717) is 11.3 Å². The van der Waals surface area contributed by atoms with Crippen molar-refractivity contribution in [1.82, 2.24) is 0 Å². The van der Waals surface area contributed by atoms with E-state index in [9.17, 15) is 9.18 Å². The molecule has 1 aromatic carbocycles. The van der Waals surface area contributed by atoms with Crippen molar-refractivity contribution in [2.45, 2.75) is 26.6 Å². The van der Waals surface area contributed by atoms with Crippen molar-refractivity contribution >= 4 is 30.0 Å². The highest BCUT2D eigenvalue weighted by Crippen LogP contribution is 2.28. The van der Waals surface area contributed by atoms with Crippen molar-refractivity contribution in [1.29, 1.82) is 0 Å². The van der Waals surface area contributed by atoms with Gasteiger partial charge in [-0.3, -0.25) is 4.79 Å². The van der Waals surface area contributed by atoms with Crippen molar-refractivity contribution in [2.24, 2.45) is 0 Å². The Morgan fingerprint density at radius 3 is 2.38 bits per heavy atom. The highest BCUT2D eigenvalue weighted by molar-refractivity contribution is 9.10. The van der Waals surface area contributed by atoms with Gasteiger partial charge in [-0.05, 0) is 48.6 Å². The van der Waals surface area contributed by atoms with E-state index in [4.69, 9.17) is 4.43 Å². The van der Waals surface area contributed by atoms with E-state index >= 15 is 0 Å². The van der Waals surface area contributed by atoms with E-state index in [1.165, 1.54) is 19.1 Å². The van der Waals surface area contributed by atoms with E-state index < -0.39 is 14.1 Å². The molecule has 0 spiro atoms. The number of carbonyl (C=O) groups is 1. The summed E-state index contributed by atoms with van der Waals surface area (Å²) >= 11 is 3.06. The average molecular weight is 305 g/mol. The maximum absolute atomic E-state index is 13.4. The topological polar surface area (TPSA) is 26.3 Å². The van der Waals surface area contributed by atoms with E-state index in [-0.39, 0.29) is 10.3 Å². The molecule has 0 aliphatic heterocycles. The number of Topliss-reactive ketones (excluding diaryl/α,β-unsaturated/α-hetero) is 1. The summed E-state index contributed by atoms with van der Waals surface area (Å²) < 4.78 is 19.3. The fourth-order valence-electron chi connectivity index (χ4n) is 1.22. The van der Waals surface area contributed by atoms with Crippen LogP contribution in [-0.4, -0.2) is 14.1 Å². The first-order valence-corrected chi connectivity index (χ1v) is 9.10. The van der Waals surface area contributed by atoms with Crippen molar-refractivity contribution in [3.63, 3.8) is 0 Å². The first kappa shape index (κ1) is 13.4. The number of rotatable bonds is 3. The third-order valence-electron chi connectivity index (χ3n) is 1.82. The molecule has 2 nitrogen and oxygen atoms in total. The quantitative estimate of drug-likeness (QED) is 0.623. The summed E-state index contributed by atoms with van der Waals surface area (Å²) in [6.07, 6.45) is 0. The van der Waals surface area contributed by atoms with Gasteiger partial charge in [0.1, 0.15) is 11.6 Å². The van der Waals surface area contributed by atoms with Gasteiger partial charge in [0.25, 0.3) is 0 Å². The van der Waals surface area contributed by atoms with Gasteiger partial charge in [-0.1, -0.05) is 0 Å². The number of ketones is 1. The molecule has 0 aliphatic rings. The Hall–Kier alpha value is -0.683. The lowest BCUT2D eigenvalue weighted by molar-refractivity contribution is 0.101. The minimum atomic E-state index is -1.85. The highest BCUT2D eigenvalue weighted by atomic mass is 79.9. The number of halogens is 2. The van der Waals surface area contributed by atoms with Crippen LogP contribution >= 0.6 is 15.9 Å². The van der Waals surface area contributed by atoms with Crippen LogP contribution < -0.4 is 4.43 Å². The van der Waals surface area contributed by atoms with E-state index in [1.54, 1.807) is 0 Å². The predicted octanol–water partition coefficient (Wildman–Crippen LogP) is 4.00. The molecule has 0 heterocycles. The van der Waals surface area contributed by atoms with Crippen LogP contribution in [0.3, 0.4) is 0 Å². The van der Waals surface area contributed by atoms with Crippen LogP contribution in [0.25, 0.3) is 0 Å². The molecule has 88 valence electrons. The number of hydrogen-bond donors (Lipinski definition) is 0. The Morgan fingerprint density at radius 1 is 1.38 bits per heavy atom. The summed E-state index contributed by atoms with van der Waals surface area (Å²) in [4.78, 5) is 11.4. The van der Waals surface area contributed by atoms with Crippen LogP contribution in [-0.2, 0) is 0 Å². The van der Waals surface area contributed by atoms with Gasteiger partial charge in [0.2, 0.25) is 8.32 Å².